The zero-order valence-corrected chi connectivity index (χ0v) is 9.84. The number of hydrogen-bond acceptors (Lipinski definition) is 4. The molecule has 0 radical (unpaired) electrons. The first-order valence-electron chi connectivity index (χ1n) is 4.58. The summed E-state index contributed by atoms with van der Waals surface area (Å²) < 4.78 is 4.52. The summed E-state index contributed by atoms with van der Waals surface area (Å²) in [6.45, 7) is 1.81. The zero-order valence-electron chi connectivity index (χ0n) is 9.02. The smallest absolute Gasteiger partial charge is 0.335 e. The van der Waals surface area contributed by atoms with Crippen LogP contribution in [0.2, 0.25) is 0 Å². The lowest BCUT2D eigenvalue weighted by Crippen LogP contribution is -2.03. The molecule has 5 heteroatoms. The molecule has 0 saturated carbocycles. The highest BCUT2D eigenvalue weighted by Gasteiger charge is 2.08. The van der Waals surface area contributed by atoms with Crippen LogP contribution in [0.15, 0.2) is 23.1 Å². The van der Waals surface area contributed by atoms with Crippen LogP contribution in [0.5, 0.6) is 0 Å². The molecule has 86 valence electrons. The van der Waals surface area contributed by atoms with Gasteiger partial charge in [0.25, 0.3) is 0 Å². The number of benzene rings is 1. The van der Waals surface area contributed by atoms with Gasteiger partial charge in [0.05, 0.1) is 18.4 Å². The molecular weight excluding hydrogens is 228 g/mol. The predicted octanol–water partition coefficient (Wildman–Crippen LogP) is 1.96. The lowest BCUT2D eigenvalue weighted by atomic mass is 10.1. The average molecular weight is 240 g/mol. The van der Waals surface area contributed by atoms with Crippen LogP contribution in [0.1, 0.15) is 15.9 Å². The molecule has 1 rings (SSSR count). The first-order valence-corrected chi connectivity index (χ1v) is 5.56. The fourth-order valence-electron chi connectivity index (χ4n) is 1.14. The number of carboxylic acid groups (broad SMARTS) is 1. The number of carbonyl (C=O) groups excluding carboxylic acids is 1. The number of ether oxygens (including phenoxy) is 1. The highest BCUT2D eigenvalue weighted by Crippen LogP contribution is 2.23. The van der Waals surface area contributed by atoms with Crippen molar-refractivity contribution in [1.29, 1.82) is 0 Å². The predicted molar refractivity (Wildman–Crippen MR) is 60.9 cm³/mol. The standard InChI is InChI=1S/C11H12O4S/c1-7-5-8(11(13)14)3-4-9(7)16-6-10(12)15-2/h3-5H,6H2,1-2H3,(H,13,14). The SMILES string of the molecule is COC(=O)CSc1ccc(C(=O)O)cc1C. The van der Waals surface area contributed by atoms with E-state index in [2.05, 4.69) is 4.74 Å². The number of methoxy groups -OCH3 is 1. The monoisotopic (exact) mass is 240 g/mol. The minimum atomic E-state index is -0.951. The van der Waals surface area contributed by atoms with E-state index in [0.29, 0.717) is 0 Å². The van der Waals surface area contributed by atoms with E-state index in [-0.39, 0.29) is 17.3 Å². The summed E-state index contributed by atoms with van der Waals surface area (Å²) in [5, 5.41) is 8.78. The molecule has 16 heavy (non-hydrogen) atoms. The minimum absolute atomic E-state index is 0.226. The molecule has 0 aliphatic rings. The maximum Gasteiger partial charge on any atom is 0.335 e. The van der Waals surface area contributed by atoms with E-state index in [1.807, 2.05) is 6.92 Å². The first kappa shape index (κ1) is 12.6. The van der Waals surface area contributed by atoms with Gasteiger partial charge in [-0.05, 0) is 30.7 Å². The van der Waals surface area contributed by atoms with E-state index >= 15 is 0 Å². The Morgan fingerprint density at radius 1 is 1.44 bits per heavy atom. The second-order valence-corrected chi connectivity index (χ2v) is 4.17. The van der Waals surface area contributed by atoms with Crippen LogP contribution in [0.25, 0.3) is 0 Å². The van der Waals surface area contributed by atoms with E-state index in [4.69, 9.17) is 5.11 Å². The second-order valence-electron chi connectivity index (χ2n) is 3.15. The molecule has 0 aromatic heterocycles. The molecule has 1 aromatic rings. The molecular formula is C11H12O4S. The molecule has 0 unspecified atom stereocenters. The van der Waals surface area contributed by atoms with Crippen molar-refractivity contribution in [3.8, 4) is 0 Å². The van der Waals surface area contributed by atoms with Gasteiger partial charge in [0.15, 0.2) is 0 Å². The van der Waals surface area contributed by atoms with E-state index in [1.54, 1.807) is 12.1 Å². The van der Waals surface area contributed by atoms with Gasteiger partial charge in [0.1, 0.15) is 0 Å². The molecule has 0 aliphatic carbocycles. The Balaban J connectivity index is 2.75. The van der Waals surface area contributed by atoms with Crippen LogP contribution in [-0.2, 0) is 9.53 Å². The Kier molecular flexibility index (Phi) is 4.37. The molecule has 0 amide bonds. The lowest BCUT2D eigenvalue weighted by molar-refractivity contribution is -0.137. The van der Waals surface area contributed by atoms with Crippen molar-refractivity contribution in [2.24, 2.45) is 0 Å². The number of aromatic carboxylic acids is 1. The third-order valence-electron chi connectivity index (χ3n) is 2.00. The van der Waals surface area contributed by atoms with Crippen LogP contribution >= 0.6 is 11.8 Å². The molecule has 4 nitrogen and oxygen atoms in total. The van der Waals surface area contributed by atoms with Gasteiger partial charge in [-0.2, -0.15) is 0 Å². The Hall–Kier alpha value is -1.49. The largest absolute Gasteiger partial charge is 0.478 e. The molecule has 0 atom stereocenters. The van der Waals surface area contributed by atoms with Crippen molar-refractivity contribution >= 4 is 23.7 Å². The summed E-state index contributed by atoms with van der Waals surface area (Å²) in [5.74, 6) is -1.02. The van der Waals surface area contributed by atoms with Gasteiger partial charge in [0, 0.05) is 4.90 Å². The lowest BCUT2D eigenvalue weighted by Gasteiger charge is -2.05. The van der Waals surface area contributed by atoms with Crippen molar-refractivity contribution < 1.29 is 19.4 Å². The summed E-state index contributed by atoms with van der Waals surface area (Å²) in [5.41, 5.74) is 1.09. The van der Waals surface area contributed by atoms with Crippen LogP contribution < -0.4 is 0 Å². The summed E-state index contributed by atoms with van der Waals surface area (Å²) in [6, 6.07) is 4.81. The van der Waals surface area contributed by atoms with Gasteiger partial charge in [-0.1, -0.05) is 0 Å². The van der Waals surface area contributed by atoms with Crippen molar-refractivity contribution in [1.82, 2.24) is 0 Å². The van der Waals surface area contributed by atoms with Crippen molar-refractivity contribution in [2.75, 3.05) is 12.9 Å². The number of thioether (sulfide) groups is 1. The first-order chi connectivity index (χ1) is 7.54. The summed E-state index contributed by atoms with van der Waals surface area (Å²) in [4.78, 5) is 22.5. The Morgan fingerprint density at radius 2 is 2.12 bits per heavy atom. The summed E-state index contributed by atoms with van der Waals surface area (Å²) in [7, 11) is 1.34. The second kappa shape index (κ2) is 5.55. The normalized spacial score (nSPS) is 9.88. The number of carboxylic acids is 1. The highest BCUT2D eigenvalue weighted by molar-refractivity contribution is 8.00. The van der Waals surface area contributed by atoms with Gasteiger partial charge >= 0.3 is 11.9 Å². The van der Waals surface area contributed by atoms with E-state index < -0.39 is 5.97 Å². The Bertz CT molecular complexity index is 414. The zero-order chi connectivity index (χ0) is 12.1. The Labute approximate surface area is 97.6 Å². The van der Waals surface area contributed by atoms with Crippen LogP contribution in [-0.4, -0.2) is 29.9 Å². The van der Waals surface area contributed by atoms with Crippen LogP contribution in [0.3, 0.4) is 0 Å². The minimum Gasteiger partial charge on any atom is -0.478 e. The van der Waals surface area contributed by atoms with Crippen molar-refractivity contribution in [3.05, 3.63) is 29.3 Å². The van der Waals surface area contributed by atoms with Crippen LogP contribution in [0, 0.1) is 6.92 Å². The fourth-order valence-corrected chi connectivity index (χ4v) is 1.98. The van der Waals surface area contributed by atoms with Gasteiger partial charge in [-0.25, -0.2) is 4.79 Å². The summed E-state index contributed by atoms with van der Waals surface area (Å²) in [6.07, 6.45) is 0. The van der Waals surface area contributed by atoms with Crippen molar-refractivity contribution in [2.45, 2.75) is 11.8 Å². The van der Waals surface area contributed by atoms with Crippen LogP contribution in [0.4, 0.5) is 0 Å². The quantitative estimate of drug-likeness (QED) is 0.643. The number of carbonyl (C=O) groups is 2. The third kappa shape index (κ3) is 3.27. The number of aryl methyl sites for hydroxylation is 1. The summed E-state index contributed by atoms with van der Waals surface area (Å²) >= 11 is 1.33. The molecule has 1 aromatic carbocycles. The highest BCUT2D eigenvalue weighted by atomic mass is 32.2. The van der Waals surface area contributed by atoms with Gasteiger partial charge in [0.2, 0.25) is 0 Å². The fraction of sp³-hybridized carbons (Fsp3) is 0.273. The number of hydrogen-bond donors (Lipinski definition) is 1. The van der Waals surface area contributed by atoms with Gasteiger partial charge in [-0.15, -0.1) is 11.8 Å². The molecule has 0 heterocycles. The maximum atomic E-state index is 10.9. The van der Waals surface area contributed by atoms with E-state index in [1.165, 1.54) is 24.9 Å². The number of rotatable bonds is 4. The Morgan fingerprint density at radius 3 is 2.62 bits per heavy atom. The van der Waals surface area contributed by atoms with Gasteiger partial charge in [-0.3, -0.25) is 4.79 Å². The molecule has 0 bridgehead atoms. The molecule has 0 spiro atoms. The molecule has 0 aliphatic heterocycles. The average Bonchev–Trinajstić information content (AvgIpc) is 2.26. The molecule has 0 saturated heterocycles. The molecule has 0 fully saturated rings. The maximum absolute atomic E-state index is 10.9. The third-order valence-corrected chi connectivity index (χ3v) is 3.14. The molecule has 1 N–H and O–H groups in total. The van der Waals surface area contributed by atoms with Crippen molar-refractivity contribution in [3.63, 3.8) is 0 Å². The van der Waals surface area contributed by atoms with E-state index in [0.717, 1.165) is 10.5 Å². The van der Waals surface area contributed by atoms with Gasteiger partial charge < -0.3 is 9.84 Å². The number of esters is 1. The van der Waals surface area contributed by atoms with E-state index in [9.17, 15) is 9.59 Å². The topological polar surface area (TPSA) is 63.6 Å².